The molecule has 140 valence electrons. The highest BCUT2D eigenvalue weighted by molar-refractivity contribution is 7.91. The first-order chi connectivity index (χ1) is 12.2. The Morgan fingerprint density at radius 2 is 1.73 bits per heavy atom. The highest BCUT2D eigenvalue weighted by Gasteiger charge is 2.38. The molecular formula is C18H20ClNO4S2. The molecule has 0 N–H and O–H groups in total. The summed E-state index contributed by atoms with van der Waals surface area (Å²) in [7, 11) is -7.36. The van der Waals surface area contributed by atoms with Crippen molar-refractivity contribution in [3.63, 3.8) is 0 Å². The van der Waals surface area contributed by atoms with Crippen LogP contribution in [0.3, 0.4) is 0 Å². The van der Waals surface area contributed by atoms with Crippen LogP contribution in [-0.2, 0) is 19.9 Å². The van der Waals surface area contributed by atoms with Crippen molar-refractivity contribution < 1.29 is 16.8 Å². The lowest BCUT2D eigenvalue weighted by molar-refractivity contribution is 0.408. The van der Waals surface area contributed by atoms with Gasteiger partial charge in [0.15, 0.2) is 9.84 Å². The first-order valence-corrected chi connectivity index (χ1v) is 11.7. The van der Waals surface area contributed by atoms with Gasteiger partial charge in [0.05, 0.1) is 15.5 Å². The molecule has 5 nitrogen and oxygen atoms in total. The third kappa shape index (κ3) is 3.81. The van der Waals surface area contributed by atoms with E-state index in [-0.39, 0.29) is 15.5 Å². The van der Waals surface area contributed by atoms with E-state index in [1.165, 1.54) is 28.6 Å². The van der Waals surface area contributed by atoms with Gasteiger partial charge in [-0.25, -0.2) is 16.8 Å². The van der Waals surface area contributed by atoms with Crippen LogP contribution in [0.25, 0.3) is 0 Å². The van der Waals surface area contributed by atoms with E-state index in [0.717, 1.165) is 5.56 Å². The Morgan fingerprint density at radius 1 is 1.04 bits per heavy atom. The normalized spacial score (nSPS) is 18.9. The molecule has 2 aromatic rings. The lowest BCUT2D eigenvalue weighted by Crippen LogP contribution is -2.39. The minimum absolute atomic E-state index is 0.0945. The highest BCUT2D eigenvalue weighted by atomic mass is 35.5. The van der Waals surface area contributed by atoms with Gasteiger partial charge in [0.25, 0.3) is 0 Å². The van der Waals surface area contributed by atoms with E-state index in [2.05, 4.69) is 0 Å². The topological polar surface area (TPSA) is 71.5 Å². The Bertz CT molecular complexity index is 1000. The number of nitrogens with zero attached hydrogens (tertiary/aromatic N) is 1. The summed E-state index contributed by atoms with van der Waals surface area (Å²) in [4.78, 5) is 0.305. The van der Waals surface area contributed by atoms with Gasteiger partial charge in [-0.3, -0.25) is 0 Å². The number of aryl methyl sites for hydroxylation is 1. The van der Waals surface area contributed by atoms with Gasteiger partial charge in [0, 0.05) is 17.6 Å². The van der Waals surface area contributed by atoms with Crippen molar-refractivity contribution in [1.29, 1.82) is 0 Å². The van der Waals surface area contributed by atoms with Crippen LogP contribution in [-0.4, -0.2) is 39.5 Å². The van der Waals surface area contributed by atoms with Gasteiger partial charge in [-0.2, -0.15) is 4.31 Å². The lowest BCUT2D eigenvalue weighted by atomic mass is 10.2. The van der Waals surface area contributed by atoms with E-state index < -0.39 is 25.9 Å². The number of sulfone groups is 1. The van der Waals surface area contributed by atoms with Crippen LogP contribution in [0.4, 0.5) is 0 Å². The van der Waals surface area contributed by atoms with Gasteiger partial charge < -0.3 is 0 Å². The molecule has 0 aromatic heterocycles. The third-order valence-electron chi connectivity index (χ3n) is 4.59. The van der Waals surface area contributed by atoms with E-state index in [1.807, 2.05) is 0 Å². The molecule has 0 aliphatic carbocycles. The molecule has 0 bridgehead atoms. The first-order valence-electron chi connectivity index (χ1n) is 8.27. The van der Waals surface area contributed by atoms with Crippen LogP contribution in [0.2, 0.25) is 5.02 Å². The molecule has 1 saturated heterocycles. The van der Waals surface area contributed by atoms with E-state index in [0.29, 0.717) is 24.4 Å². The highest BCUT2D eigenvalue weighted by Crippen LogP contribution is 2.30. The standard InChI is InChI=1S/C18H20ClNO4S2/c1-14-9-10-17(12-18(14)19)26(23,24)20-11-5-6-15(20)13-25(21,22)16-7-3-2-4-8-16/h2-4,7-10,12,15H,5-6,11,13H2,1H3. The predicted molar refractivity (Wildman–Crippen MR) is 102 cm³/mol. The van der Waals surface area contributed by atoms with E-state index in [4.69, 9.17) is 11.6 Å². The zero-order valence-electron chi connectivity index (χ0n) is 14.3. The van der Waals surface area contributed by atoms with E-state index in [1.54, 1.807) is 31.2 Å². The van der Waals surface area contributed by atoms with Crippen molar-refractivity contribution in [2.75, 3.05) is 12.3 Å². The molecule has 8 heteroatoms. The zero-order chi connectivity index (χ0) is 18.9. The van der Waals surface area contributed by atoms with Gasteiger partial charge in [-0.1, -0.05) is 35.9 Å². The molecule has 0 spiro atoms. The number of rotatable bonds is 5. The molecule has 1 aliphatic rings. The predicted octanol–water partition coefficient (Wildman–Crippen LogP) is 3.28. The van der Waals surface area contributed by atoms with Crippen LogP contribution in [0.15, 0.2) is 58.3 Å². The Morgan fingerprint density at radius 3 is 2.38 bits per heavy atom. The fourth-order valence-corrected chi connectivity index (χ4v) is 6.82. The third-order valence-corrected chi connectivity index (χ3v) is 8.76. The van der Waals surface area contributed by atoms with Crippen molar-refractivity contribution in [3.8, 4) is 0 Å². The largest absolute Gasteiger partial charge is 0.243 e. The number of hydrogen-bond acceptors (Lipinski definition) is 4. The zero-order valence-corrected chi connectivity index (χ0v) is 16.7. The fraction of sp³-hybridized carbons (Fsp3) is 0.333. The maximum absolute atomic E-state index is 13.0. The van der Waals surface area contributed by atoms with Crippen molar-refractivity contribution in [3.05, 3.63) is 59.1 Å². The minimum atomic E-state index is -3.80. The molecule has 1 fully saturated rings. The molecule has 1 aliphatic heterocycles. The molecular weight excluding hydrogens is 394 g/mol. The summed E-state index contributed by atoms with van der Waals surface area (Å²) in [6.07, 6.45) is 1.15. The molecule has 0 radical (unpaired) electrons. The van der Waals surface area contributed by atoms with Gasteiger partial charge >= 0.3 is 0 Å². The van der Waals surface area contributed by atoms with Crippen molar-refractivity contribution in [2.45, 2.75) is 35.6 Å². The molecule has 1 atom stereocenters. The average molecular weight is 414 g/mol. The lowest BCUT2D eigenvalue weighted by Gasteiger charge is -2.24. The van der Waals surface area contributed by atoms with Crippen LogP contribution in [0.5, 0.6) is 0 Å². The van der Waals surface area contributed by atoms with Crippen molar-refractivity contribution in [1.82, 2.24) is 4.31 Å². The Kier molecular flexibility index (Phi) is 5.44. The number of benzene rings is 2. The van der Waals surface area contributed by atoms with E-state index >= 15 is 0 Å². The summed E-state index contributed by atoms with van der Waals surface area (Å²) in [6, 6.07) is 12.1. The van der Waals surface area contributed by atoms with Gasteiger partial charge in [-0.05, 0) is 49.6 Å². The van der Waals surface area contributed by atoms with Crippen LogP contribution >= 0.6 is 11.6 Å². The second-order valence-electron chi connectivity index (χ2n) is 6.42. The summed E-state index contributed by atoms with van der Waals surface area (Å²) < 4.78 is 52.6. The van der Waals surface area contributed by atoms with Gasteiger partial charge in [0.2, 0.25) is 10.0 Å². The number of sulfonamides is 1. The van der Waals surface area contributed by atoms with Crippen molar-refractivity contribution in [2.24, 2.45) is 0 Å². The second kappa shape index (κ2) is 7.31. The number of halogens is 1. The van der Waals surface area contributed by atoms with Crippen LogP contribution in [0.1, 0.15) is 18.4 Å². The smallest absolute Gasteiger partial charge is 0.224 e. The molecule has 3 rings (SSSR count). The van der Waals surface area contributed by atoms with Crippen LogP contribution < -0.4 is 0 Å². The summed E-state index contributed by atoms with van der Waals surface area (Å²) in [5, 5.41) is 0.374. The average Bonchev–Trinajstić information content (AvgIpc) is 3.06. The van der Waals surface area contributed by atoms with E-state index in [9.17, 15) is 16.8 Å². The Balaban J connectivity index is 1.89. The number of hydrogen-bond donors (Lipinski definition) is 0. The molecule has 0 amide bonds. The monoisotopic (exact) mass is 413 g/mol. The molecule has 26 heavy (non-hydrogen) atoms. The summed E-state index contributed by atoms with van der Waals surface area (Å²) >= 11 is 6.07. The van der Waals surface area contributed by atoms with Gasteiger partial charge in [0.1, 0.15) is 0 Å². The van der Waals surface area contributed by atoms with Crippen LogP contribution in [0, 0.1) is 6.92 Å². The molecule has 1 unspecified atom stereocenters. The van der Waals surface area contributed by atoms with Crippen molar-refractivity contribution >= 4 is 31.5 Å². The molecule has 2 aromatic carbocycles. The summed E-state index contributed by atoms with van der Waals surface area (Å²) in [5.74, 6) is -0.226. The Hall–Kier alpha value is -1.41. The molecule has 1 heterocycles. The second-order valence-corrected chi connectivity index (χ2v) is 10.7. The SMILES string of the molecule is Cc1ccc(S(=O)(=O)N2CCCC2CS(=O)(=O)c2ccccc2)cc1Cl. The fourth-order valence-electron chi connectivity index (χ4n) is 3.14. The summed E-state index contributed by atoms with van der Waals surface area (Å²) in [6.45, 7) is 2.10. The first kappa shape index (κ1) is 19.4. The maximum Gasteiger partial charge on any atom is 0.243 e. The summed E-state index contributed by atoms with van der Waals surface area (Å²) in [5.41, 5.74) is 0.787. The minimum Gasteiger partial charge on any atom is -0.224 e. The molecule has 0 saturated carbocycles. The quantitative estimate of drug-likeness (QED) is 0.754. The Labute approximate surface area is 159 Å². The maximum atomic E-state index is 13.0. The van der Waals surface area contributed by atoms with Gasteiger partial charge in [-0.15, -0.1) is 0 Å².